The van der Waals surface area contributed by atoms with Crippen LogP contribution in [0.2, 0.25) is 5.02 Å². The van der Waals surface area contributed by atoms with Gasteiger partial charge in [0.15, 0.2) is 11.7 Å². The number of carbonyl (C=O) groups is 1. The number of anilines is 1. The fourth-order valence-electron chi connectivity index (χ4n) is 2.68. The van der Waals surface area contributed by atoms with E-state index in [4.69, 9.17) is 27.8 Å². The van der Waals surface area contributed by atoms with Crippen LogP contribution >= 0.6 is 22.9 Å². The van der Waals surface area contributed by atoms with Gasteiger partial charge in [0, 0.05) is 22.9 Å². The molecule has 132 valence electrons. The monoisotopic (exact) mass is 379 g/mol. The number of fused-ring (bicyclic) bond motifs is 1. The number of ether oxygens (including phenoxy) is 1. The number of carbonyl (C=O) groups excluding carboxylic acids is 1. The van der Waals surface area contributed by atoms with Crippen LogP contribution in [0.15, 0.2) is 22.5 Å². The van der Waals surface area contributed by atoms with Crippen LogP contribution in [-0.4, -0.2) is 29.0 Å². The fourth-order valence-corrected chi connectivity index (χ4v) is 3.60. The van der Waals surface area contributed by atoms with Gasteiger partial charge in [0.05, 0.1) is 17.9 Å². The fraction of sp³-hybridized carbons (Fsp3) is 0.312. The van der Waals surface area contributed by atoms with Gasteiger partial charge in [-0.25, -0.2) is 4.98 Å². The summed E-state index contributed by atoms with van der Waals surface area (Å²) in [5.74, 6) is 0.428. The lowest BCUT2D eigenvalue weighted by molar-refractivity contribution is -0.117. The summed E-state index contributed by atoms with van der Waals surface area (Å²) < 4.78 is 6.16. The highest BCUT2D eigenvalue weighted by Gasteiger charge is 2.36. The molecule has 0 saturated heterocycles. The molecular formula is C16H18ClN5O2S. The first-order chi connectivity index (χ1) is 11.7. The van der Waals surface area contributed by atoms with E-state index in [1.807, 2.05) is 19.2 Å². The van der Waals surface area contributed by atoms with Crippen molar-refractivity contribution in [3.63, 3.8) is 0 Å². The molecule has 1 aromatic carbocycles. The summed E-state index contributed by atoms with van der Waals surface area (Å²) in [6.07, 6.45) is 0. The number of aromatic nitrogens is 1. The lowest BCUT2D eigenvalue weighted by Crippen LogP contribution is -2.48. The summed E-state index contributed by atoms with van der Waals surface area (Å²) >= 11 is 7.58. The molecule has 3 rings (SSSR count). The predicted octanol–water partition coefficient (Wildman–Crippen LogP) is 2.89. The third-order valence-electron chi connectivity index (χ3n) is 3.62. The molecule has 0 unspecified atom stereocenters. The molecule has 1 aliphatic heterocycles. The van der Waals surface area contributed by atoms with Crippen molar-refractivity contribution in [1.29, 1.82) is 0 Å². The van der Waals surface area contributed by atoms with Crippen LogP contribution in [0.25, 0.3) is 11.3 Å². The van der Waals surface area contributed by atoms with Crippen molar-refractivity contribution in [2.75, 3.05) is 11.4 Å². The second kappa shape index (κ2) is 6.20. The minimum absolute atomic E-state index is 0.0610. The molecule has 0 bridgehead atoms. The topological polar surface area (TPSA) is 107 Å². The highest BCUT2D eigenvalue weighted by atomic mass is 35.5. The van der Waals surface area contributed by atoms with Crippen molar-refractivity contribution in [1.82, 2.24) is 4.98 Å². The first kappa shape index (κ1) is 17.5. The molecule has 7 nitrogen and oxygen atoms in total. The van der Waals surface area contributed by atoms with Gasteiger partial charge in [-0.2, -0.15) is 4.99 Å². The predicted molar refractivity (Wildman–Crippen MR) is 101 cm³/mol. The van der Waals surface area contributed by atoms with Gasteiger partial charge in [0.1, 0.15) is 5.60 Å². The van der Waals surface area contributed by atoms with Gasteiger partial charge >= 0.3 is 0 Å². The summed E-state index contributed by atoms with van der Waals surface area (Å²) in [7, 11) is 0. The number of nitrogens with zero attached hydrogens (tertiary/aromatic N) is 3. The minimum Gasteiger partial charge on any atom is -0.483 e. The molecule has 25 heavy (non-hydrogen) atoms. The number of hydrogen-bond acceptors (Lipinski definition) is 5. The van der Waals surface area contributed by atoms with Crippen LogP contribution in [0.1, 0.15) is 20.8 Å². The summed E-state index contributed by atoms with van der Waals surface area (Å²) in [4.78, 5) is 22.1. The Labute approximate surface area is 154 Å². The Morgan fingerprint density at radius 1 is 1.44 bits per heavy atom. The molecule has 2 heterocycles. The Balaban J connectivity index is 2.17. The van der Waals surface area contributed by atoms with E-state index in [0.717, 1.165) is 0 Å². The second-order valence-electron chi connectivity index (χ2n) is 6.32. The van der Waals surface area contributed by atoms with Gasteiger partial charge < -0.3 is 21.1 Å². The molecule has 1 aromatic heterocycles. The second-order valence-corrected chi connectivity index (χ2v) is 7.59. The molecule has 2 aromatic rings. The Hall–Kier alpha value is -2.32. The number of amides is 1. The average molecular weight is 380 g/mol. The van der Waals surface area contributed by atoms with E-state index < -0.39 is 5.60 Å². The quantitative estimate of drug-likeness (QED) is 0.616. The summed E-state index contributed by atoms with van der Waals surface area (Å²) in [6.45, 7) is 5.81. The van der Waals surface area contributed by atoms with Crippen LogP contribution in [0.3, 0.4) is 0 Å². The Kier molecular flexibility index (Phi) is 4.34. The minimum atomic E-state index is -0.542. The van der Waals surface area contributed by atoms with Gasteiger partial charge in [-0.05, 0) is 26.0 Å². The highest BCUT2D eigenvalue weighted by molar-refractivity contribution is 7.13. The van der Waals surface area contributed by atoms with Crippen LogP contribution in [0.5, 0.6) is 5.75 Å². The zero-order valence-corrected chi connectivity index (χ0v) is 15.6. The largest absolute Gasteiger partial charge is 0.483 e. The Bertz CT molecular complexity index is 873. The van der Waals surface area contributed by atoms with E-state index in [1.165, 1.54) is 18.3 Å². The molecule has 4 N–H and O–H groups in total. The van der Waals surface area contributed by atoms with E-state index in [1.54, 1.807) is 17.0 Å². The molecule has 1 aliphatic rings. The number of nitrogens with two attached hydrogens (primary N) is 2. The molecule has 0 radical (unpaired) electrons. The van der Waals surface area contributed by atoms with Gasteiger partial charge in [0.25, 0.3) is 0 Å². The number of benzene rings is 1. The van der Waals surface area contributed by atoms with Crippen LogP contribution in [-0.2, 0) is 4.79 Å². The Morgan fingerprint density at radius 2 is 2.16 bits per heavy atom. The van der Waals surface area contributed by atoms with Crippen molar-refractivity contribution in [3.05, 3.63) is 22.5 Å². The smallest absolute Gasteiger partial charge is 0.224 e. The van der Waals surface area contributed by atoms with Crippen molar-refractivity contribution in [3.8, 4) is 17.0 Å². The van der Waals surface area contributed by atoms with E-state index in [2.05, 4.69) is 9.98 Å². The number of aliphatic imine (C=N–C) groups is 1. The van der Waals surface area contributed by atoms with Crippen LogP contribution in [0, 0.1) is 0 Å². The summed E-state index contributed by atoms with van der Waals surface area (Å²) in [6, 6.07) is 3.48. The zero-order chi connectivity index (χ0) is 18.4. The molecule has 0 saturated carbocycles. The summed E-state index contributed by atoms with van der Waals surface area (Å²) in [5, 5.41) is 2.73. The van der Waals surface area contributed by atoms with Crippen LogP contribution < -0.4 is 21.1 Å². The number of halogens is 1. The highest BCUT2D eigenvalue weighted by Crippen LogP contribution is 2.46. The van der Waals surface area contributed by atoms with Gasteiger partial charge in [0.2, 0.25) is 11.0 Å². The molecule has 1 amide bonds. The first-order valence-electron chi connectivity index (χ1n) is 7.52. The van der Waals surface area contributed by atoms with E-state index in [-0.39, 0.29) is 11.9 Å². The third kappa shape index (κ3) is 3.54. The number of guanidine groups is 1. The molecule has 0 aliphatic carbocycles. The number of rotatable bonds is 2. The Morgan fingerprint density at radius 3 is 2.80 bits per heavy atom. The maximum absolute atomic E-state index is 12.1. The maximum Gasteiger partial charge on any atom is 0.224 e. The lowest BCUT2D eigenvalue weighted by Gasteiger charge is -2.40. The van der Waals surface area contributed by atoms with E-state index >= 15 is 0 Å². The molecular weight excluding hydrogens is 362 g/mol. The molecule has 0 atom stereocenters. The van der Waals surface area contributed by atoms with Crippen molar-refractivity contribution < 1.29 is 9.53 Å². The van der Waals surface area contributed by atoms with Gasteiger partial charge in [-0.1, -0.05) is 11.6 Å². The SMILES string of the molecule is CC(=O)N1CC(C)(C)Oc2c(-c3csc(N=C(N)N)n3)cc(Cl)cc21. The lowest BCUT2D eigenvalue weighted by atomic mass is 10.0. The van der Waals surface area contributed by atoms with Gasteiger partial charge in [-0.15, -0.1) is 11.3 Å². The molecule has 9 heteroatoms. The average Bonchev–Trinajstić information content (AvgIpc) is 2.93. The summed E-state index contributed by atoms with van der Waals surface area (Å²) in [5.41, 5.74) is 12.2. The van der Waals surface area contributed by atoms with Crippen LogP contribution in [0.4, 0.5) is 10.8 Å². The third-order valence-corrected chi connectivity index (χ3v) is 4.57. The maximum atomic E-state index is 12.1. The standard InChI is InChI=1S/C16H18ClN5O2S/c1-8(23)22-7-16(2,3)24-13-10(4-9(17)5-12(13)22)11-6-25-15(20-11)21-14(18)19/h4-6H,7H2,1-3H3,(H4,18,19,20,21). The van der Waals surface area contributed by atoms with Crippen molar-refractivity contribution in [2.24, 2.45) is 16.5 Å². The number of thiazole rings is 1. The zero-order valence-electron chi connectivity index (χ0n) is 14.0. The van der Waals surface area contributed by atoms with Gasteiger partial charge in [-0.3, -0.25) is 4.79 Å². The normalized spacial score (nSPS) is 15.3. The van der Waals surface area contributed by atoms with E-state index in [9.17, 15) is 4.79 Å². The van der Waals surface area contributed by atoms with E-state index in [0.29, 0.717) is 39.4 Å². The first-order valence-corrected chi connectivity index (χ1v) is 8.78. The van der Waals surface area contributed by atoms with Crippen molar-refractivity contribution in [2.45, 2.75) is 26.4 Å². The molecule has 0 fully saturated rings. The number of hydrogen-bond donors (Lipinski definition) is 2. The molecule has 0 spiro atoms. The van der Waals surface area contributed by atoms with Crippen molar-refractivity contribution >= 4 is 45.6 Å².